The molecular weight excluding hydrogens is 501 g/mol. The second kappa shape index (κ2) is 11.9. The number of hydrogen-bond acceptors (Lipinski definition) is 4. The van der Waals surface area contributed by atoms with E-state index in [1.165, 1.54) is 37.1 Å². The Morgan fingerprint density at radius 3 is 2.35 bits per heavy atom. The Morgan fingerprint density at radius 2 is 1.65 bits per heavy atom. The first kappa shape index (κ1) is 23.3. The van der Waals surface area contributed by atoms with Crippen LogP contribution in [0.4, 0.5) is 0 Å². The molecule has 0 bridgehead atoms. The molecule has 1 fully saturated rings. The minimum atomic E-state index is 0. The van der Waals surface area contributed by atoms with Gasteiger partial charge < -0.3 is 15.2 Å². The van der Waals surface area contributed by atoms with Gasteiger partial charge in [-0.2, -0.15) is 0 Å². The maximum absolute atomic E-state index is 5.45. The van der Waals surface area contributed by atoms with Gasteiger partial charge >= 0.3 is 0 Å². The summed E-state index contributed by atoms with van der Waals surface area (Å²) < 4.78 is 5.45. The summed E-state index contributed by atoms with van der Waals surface area (Å²) in [5.41, 5.74) is 4.47. The molecule has 31 heavy (non-hydrogen) atoms. The summed E-state index contributed by atoms with van der Waals surface area (Å²) >= 11 is 0. The van der Waals surface area contributed by atoms with E-state index in [0.29, 0.717) is 6.54 Å². The molecule has 1 aromatic heterocycles. The lowest BCUT2D eigenvalue weighted by Crippen LogP contribution is -2.36. The average Bonchev–Trinajstić information content (AvgIpc) is 3.48. The highest BCUT2D eigenvalue weighted by Gasteiger charge is 2.11. The van der Waals surface area contributed by atoms with Crippen molar-refractivity contribution in [3.05, 3.63) is 77.5 Å². The number of rotatable bonds is 7. The minimum absolute atomic E-state index is 0. The Balaban J connectivity index is 0.00000272. The topological polar surface area (TPSA) is 65.7 Å². The van der Waals surface area contributed by atoms with Crippen LogP contribution in [0.1, 0.15) is 29.7 Å². The molecule has 1 saturated heterocycles. The van der Waals surface area contributed by atoms with Gasteiger partial charge in [-0.1, -0.05) is 59.8 Å². The molecule has 0 radical (unpaired) electrons. The number of benzene rings is 2. The number of aromatic nitrogens is 1. The number of aliphatic imine (C=N–C) groups is 1. The van der Waals surface area contributed by atoms with Gasteiger partial charge in [-0.3, -0.25) is 9.89 Å². The predicted octanol–water partition coefficient (Wildman–Crippen LogP) is 4.42. The Bertz CT molecular complexity index is 950. The van der Waals surface area contributed by atoms with Crippen LogP contribution in [0.25, 0.3) is 11.3 Å². The van der Waals surface area contributed by atoms with Crippen LogP contribution < -0.4 is 10.6 Å². The summed E-state index contributed by atoms with van der Waals surface area (Å²) in [5, 5.41) is 10.8. The van der Waals surface area contributed by atoms with Gasteiger partial charge in [0.1, 0.15) is 5.69 Å². The molecule has 2 heterocycles. The van der Waals surface area contributed by atoms with Crippen LogP contribution >= 0.6 is 24.0 Å². The van der Waals surface area contributed by atoms with Crippen molar-refractivity contribution in [2.24, 2.45) is 4.99 Å². The van der Waals surface area contributed by atoms with Crippen molar-refractivity contribution in [1.29, 1.82) is 0 Å². The first-order valence-electron chi connectivity index (χ1n) is 10.6. The van der Waals surface area contributed by atoms with E-state index in [4.69, 9.17) is 4.52 Å². The van der Waals surface area contributed by atoms with E-state index in [-0.39, 0.29) is 24.0 Å². The number of likely N-dealkylation sites (tertiary alicyclic amines) is 1. The quantitative estimate of drug-likeness (QED) is 0.269. The summed E-state index contributed by atoms with van der Waals surface area (Å²) in [6.07, 6.45) is 2.66. The zero-order valence-electron chi connectivity index (χ0n) is 17.9. The van der Waals surface area contributed by atoms with E-state index < -0.39 is 0 Å². The van der Waals surface area contributed by atoms with Crippen LogP contribution in [0, 0.1) is 0 Å². The molecule has 1 aliphatic rings. The highest BCUT2D eigenvalue weighted by atomic mass is 127. The monoisotopic (exact) mass is 531 g/mol. The molecule has 0 atom stereocenters. The Morgan fingerprint density at radius 1 is 0.968 bits per heavy atom. The van der Waals surface area contributed by atoms with Crippen LogP contribution in [0.2, 0.25) is 0 Å². The van der Waals surface area contributed by atoms with Crippen molar-refractivity contribution < 1.29 is 4.52 Å². The second-order valence-corrected chi connectivity index (χ2v) is 7.63. The summed E-state index contributed by atoms with van der Waals surface area (Å²) in [7, 11) is 1.77. The molecule has 4 rings (SSSR count). The molecular formula is C24H30IN5O. The number of nitrogens with zero attached hydrogens (tertiary/aromatic N) is 3. The van der Waals surface area contributed by atoms with Gasteiger partial charge in [-0.05, 0) is 37.1 Å². The number of guanidine groups is 1. The summed E-state index contributed by atoms with van der Waals surface area (Å²) in [5.74, 6) is 1.50. The zero-order chi connectivity index (χ0) is 20.6. The van der Waals surface area contributed by atoms with E-state index in [0.717, 1.165) is 36.1 Å². The van der Waals surface area contributed by atoms with Crippen LogP contribution in [0.5, 0.6) is 0 Å². The summed E-state index contributed by atoms with van der Waals surface area (Å²) in [4.78, 5) is 6.82. The molecule has 1 aliphatic heterocycles. The third-order valence-corrected chi connectivity index (χ3v) is 5.37. The normalized spacial score (nSPS) is 14.3. The predicted molar refractivity (Wildman–Crippen MR) is 135 cm³/mol. The fourth-order valence-electron chi connectivity index (χ4n) is 3.68. The van der Waals surface area contributed by atoms with E-state index in [1.807, 2.05) is 36.4 Å². The highest BCUT2D eigenvalue weighted by molar-refractivity contribution is 14.0. The molecule has 0 unspecified atom stereocenters. The van der Waals surface area contributed by atoms with Crippen LogP contribution in [0.3, 0.4) is 0 Å². The first-order valence-corrected chi connectivity index (χ1v) is 10.6. The summed E-state index contributed by atoms with van der Waals surface area (Å²) in [6.45, 7) is 4.77. The van der Waals surface area contributed by atoms with Crippen molar-refractivity contribution in [3.8, 4) is 11.3 Å². The van der Waals surface area contributed by atoms with Crippen LogP contribution in [0.15, 0.2) is 70.2 Å². The van der Waals surface area contributed by atoms with Crippen molar-refractivity contribution >= 4 is 29.9 Å². The standard InChI is InChI=1S/C24H29N5O.HI/c1-25-24(27-17-22-15-23(30-28-22)21-7-3-2-4-8-21)26-16-19-9-11-20(12-10-19)18-29-13-5-6-14-29;/h2-4,7-12,15H,5-6,13-14,16-18H2,1H3,(H2,25,26,27);1H. The van der Waals surface area contributed by atoms with E-state index >= 15 is 0 Å². The smallest absolute Gasteiger partial charge is 0.191 e. The zero-order valence-corrected chi connectivity index (χ0v) is 20.2. The lowest BCUT2D eigenvalue weighted by Gasteiger charge is -2.15. The molecule has 0 spiro atoms. The lowest BCUT2D eigenvalue weighted by atomic mass is 10.1. The van der Waals surface area contributed by atoms with Crippen molar-refractivity contribution in [2.45, 2.75) is 32.5 Å². The van der Waals surface area contributed by atoms with Crippen molar-refractivity contribution in [3.63, 3.8) is 0 Å². The maximum atomic E-state index is 5.45. The van der Waals surface area contributed by atoms with Gasteiger partial charge in [0, 0.05) is 31.8 Å². The molecule has 2 N–H and O–H groups in total. The second-order valence-electron chi connectivity index (χ2n) is 7.63. The SMILES string of the molecule is CN=C(NCc1ccc(CN2CCCC2)cc1)NCc1cc(-c2ccccc2)on1.I. The Kier molecular flexibility index (Phi) is 8.90. The van der Waals surface area contributed by atoms with Gasteiger partial charge in [0.25, 0.3) is 0 Å². The molecule has 0 aliphatic carbocycles. The largest absolute Gasteiger partial charge is 0.356 e. The van der Waals surface area contributed by atoms with Crippen LogP contribution in [-0.2, 0) is 19.6 Å². The fraction of sp³-hybridized carbons (Fsp3) is 0.333. The summed E-state index contributed by atoms with van der Waals surface area (Å²) in [6, 6.07) is 20.8. The van der Waals surface area contributed by atoms with E-state index in [2.05, 4.69) is 49.9 Å². The van der Waals surface area contributed by atoms with Gasteiger partial charge in [0.2, 0.25) is 0 Å². The molecule has 0 saturated carbocycles. The number of nitrogens with one attached hydrogen (secondary N) is 2. The van der Waals surface area contributed by atoms with Crippen molar-refractivity contribution in [1.82, 2.24) is 20.7 Å². The maximum Gasteiger partial charge on any atom is 0.191 e. The van der Waals surface area contributed by atoms with Crippen molar-refractivity contribution in [2.75, 3.05) is 20.1 Å². The minimum Gasteiger partial charge on any atom is -0.356 e. The first-order chi connectivity index (χ1) is 14.8. The fourth-order valence-corrected chi connectivity index (χ4v) is 3.68. The molecule has 7 heteroatoms. The lowest BCUT2D eigenvalue weighted by molar-refractivity contribution is 0.331. The van der Waals surface area contributed by atoms with Gasteiger partial charge in [-0.15, -0.1) is 24.0 Å². The van der Waals surface area contributed by atoms with Crippen LogP contribution in [-0.4, -0.2) is 36.2 Å². The Hall–Kier alpha value is -2.39. The van der Waals surface area contributed by atoms with Gasteiger partial charge in [0.15, 0.2) is 11.7 Å². The number of hydrogen-bond donors (Lipinski definition) is 2. The average molecular weight is 531 g/mol. The number of halogens is 1. The van der Waals surface area contributed by atoms with Gasteiger partial charge in [0.05, 0.1) is 6.54 Å². The molecule has 2 aromatic carbocycles. The highest BCUT2D eigenvalue weighted by Crippen LogP contribution is 2.19. The van der Waals surface area contributed by atoms with E-state index in [1.54, 1.807) is 7.05 Å². The van der Waals surface area contributed by atoms with Gasteiger partial charge in [-0.25, -0.2) is 0 Å². The van der Waals surface area contributed by atoms with E-state index in [9.17, 15) is 0 Å². The molecule has 0 amide bonds. The third-order valence-electron chi connectivity index (χ3n) is 5.37. The molecule has 164 valence electrons. The molecule has 3 aromatic rings. The third kappa shape index (κ3) is 6.80. The molecule has 6 nitrogen and oxygen atoms in total. The Labute approximate surface area is 201 Å².